The molecular weight excluding hydrogens is 299 g/mol. The van der Waals surface area contributed by atoms with Crippen molar-refractivity contribution in [3.63, 3.8) is 0 Å². The van der Waals surface area contributed by atoms with Gasteiger partial charge in [0.2, 0.25) is 5.91 Å². The number of carbonyl (C=O) groups excluding carboxylic acids is 1. The monoisotopic (exact) mass is 311 g/mol. The van der Waals surface area contributed by atoms with Crippen LogP contribution in [0.4, 0.5) is 13.2 Å². The van der Waals surface area contributed by atoms with Crippen molar-refractivity contribution in [2.24, 2.45) is 11.8 Å². The first-order valence-electron chi connectivity index (χ1n) is 5.94. The van der Waals surface area contributed by atoms with Crippen molar-refractivity contribution < 1.29 is 26.4 Å². The van der Waals surface area contributed by atoms with Gasteiger partial charge in [-0.2, -0.15) is 22.7 Å². The average molecular weight is 311 g/mol. The highest BCUT2D eigenvalue weighted by Crippen LogP contribution is 2.37. The van der Waals surface area contributed by atoms with E-state index in [-0.39, 0.29) is 16.6 Å². The molecular formula is C10H12F3N3O3S. The summed E-state index contributed by atoms with van der Waals surface area (Å²) in [6.07, 6.45) is -0.102. The minimum atomic E-state index is -5.48. The normalized spacial score (nSPS) is 27.5. The lowest BCUT2D eigenvalue weighted by Gasteiger charge is -2.46. The van der Waals surface area contributed by atoms with E-state index in [9.17, 15) is 26.4 Å². The Bertz CT molecular complexity index is 550. The highest BCUT2D eigenvalue weighted by molar-refractivity contribution is 7.90. The van der Waals surface area contributed by atoms with Gasteiger partial charge in [-0.1, -0.05) is 0 Å². The van der Waals surface area contributed by atoms with Gasteiger partial charge in [0.1, 0.15) is 6.17 Å². The Balaban J connectivity index is 2.13. The van der Waals surface area contributed by atoms with E-state index in [0.29, 0.717) is 12.8 Å². The zero-order valence-electron chi connectivity index (χ0n) is 10.2. The summed E-state index contributed by atoms with van der Waals surface area (Å²) in [7, 11) is -5.48. The number of amides is 1. The second kappa shape index (κ2) is 4.89. The molecule has 0 aromatic carbocycles. The lowest BCUT2D eigenvalue weighted by Crippen LogP contribution is -2.67. The average Bonchev–Trinajstić information content (AvgIpc) is 3.12. The Labute approximate surface area is 113 Å². The number of hydrogen-bond acceptors (Lipinski definition) is 4. The van der Waals surface area contributed by atoms with E-state index in [4.69, 9.17) is 5.26 Å². The van der Waals surface area contributed by atoms with Gasteiger partial charge >= 0.3 is 15.5 Å². The number of hydrogen-bond donors (Lipinski definition) is 1. The number of carbonyl (C=O) groups is 1. The van der Waals surface area contributed by atoms with E-state index in [0.717, 1.165) is 0 Å². The first kappa shape index (κ1) is 15.1. The summed E-state index contributed by atoms with van der Waals surface area (Å²) in [5, 5.41) is 10.9. The molecule has 2 unspecified atom stereocenters. The van der Waals surface area contributed by atoms with Crippen molar-refractivity contribution in [1.82, 2.24) is 9.62 Å². The lowest BCUT2D eigenvalue weighted by molar-refractivity contribution is -0.126. The van der Waals surface area contributed by atoms with Crippen LogP contribution in [-0.2, 0) is 14.8 Å². The van der Waals surface area contributed by atoms with Crippen LogP contribution in [0.1, 0.15) is 19.3 Å². The van der Waals surface area contributed by atoms with Crippen LogP contribution in [0.3, 0.4) is 0 Å². The van der Waals surface area contributed by atoms with E-state index in [1.54, 1.807) is 6.07 Å². The molecule has 2 fully saturated rings. The summed E-state index contributed by atoms with van der Waals surface area (Å²) < 4.78 is 60.3. The zero-order valence-corrected chi connectivity index (χ0v) is 11.0. The minimum Gasteiger partial charge on any atom is -0.339 e. The van der Waals surface area contributed by atoms with E-state index >= 15 is 0 Å². The predicted molar refractivity (Wildman–Crippen MR) is 60.1 cm³/mol. The summed E-state index contributed by atoms with van der Waals surface area (Å²) in [5.41, 5.74) is -5.41. The Morgan fingerprint density at radius 2 is 2.00 bits per heavy atom. The quantitative estimate of drug-likeness (QED) is 0.820. The lowest BCUT2D eigenvalue weighted by atomic mass is 9.95. The first-order valence-corrected chi connectivity index (χ1v) is 7.38. The molecule has 1 aliphatic carbocycles. The van der Waals surface area contributed by atoms with E-state index < -0.39 is 40.1 Å². The fourth-order valence-electron chi connectivity index (χ4n) is 2.01. The molecule has 2 aliphatic rings. The van der Waals surface area contributed by atoms with Crippen LogP contribution in [0, 0.1) is 23.2 Å². The highest BCUT2D eigenvalue weighted by atomic mass is 32.2. The highest BCUT2D eigenvalue weighted by Gasteiger charge is 2.58. The van der Waals surface area contributed by atoms with Crippen molar-refractivity contribution >= 4 is 15.9 Å². The van der Waals surface area contributed by atoms with Crippen LogP contribution in [0.15, 0.2) is 0 Å². The number of sulfonamides is 1. The maximum absolute atomic E-state index is 12.5. The molecule has 1 heterocycles. The van der Waals surface area contributed by atoms with Crippen molar-refractivity contribution in [1.29, 1.82) is 5.26 Å². The maximum atomic E-state index is 12.5. The molecule has 6 nitrogen and oxygen atoms in total. The summed E-state index contributed by atoms with van der Waals surface area (Å²) in [6, 6.07) is 1.77. The Morgan fingerprint density at radius 3 is 2.45 bits per heavy atom. The van der Waals surface area contributed by atoms with Crippen LogP contribution in [0.5, 0.6) is 0 Å². The predicted octanol–water partition coefficient (Wildman–Crippen LogP) is 0.534. The van der Waals surface area contributed by atoms with Gasteiger partial charge in [0, 0.05) is 24.8 Å². The summed E-state index contributed by atoms with van der Waals surface area (Å²) >= 11 is 0. The number of halogens is 3. The third kappa shape index (κ3) is 2.60. The van der Waals surface area contributed by atoms with Crippen molar-refractivity contribution in [2.45, 2.75) is 30.9 Å². The van der Waals surface area contributed by atoms with Gasteiger partial charge in [0.05, 0.1) is 6.07 Å². The fraction of sp³-hybridized carbons (Fsp3) is 0.800. The Kier molecular flexibility index (Phi) is 3.68. The molecule has 1 N–H and O–H groups in total. The van der Waals surface area contributed by atoms with Crippen LogP contribution in [0.25, 0.3) is 0 Å². The first-order chi connectivity index (χ1) is 9.18. The second-order valence-corrected chi connectivity index (χ2v) is 6.75. The molecule has 1 saturated carbocycles. The molecule has 10 heteroatoms. The molecule has 0 aromatic rings. The fourth-order valence-corrected chi connectivity index (χ4v) is 3.19. The zero-order chi connectivity index (χ0) is 15.1. The molecule has 1 aliphatic heterocycles. The molecule has 20 heavy (non-hydrogen) atoms. The minimum absolute atomic E-state index is 0.112. The van der Waals surface area contributed by atoms with Gasteiger partial charge in [-0.05, 0) is 12.8 Å². The Morgan fingerprint density at radius 1 is 1.40 bits per heavy atom. The molecule has 0 radical (unpaired) electrons. The van der Waals surface area contributed by atoms with Crippen LogP contribution >= 0.6 is 0 Å². The van der Waals surface area contributed by atoms with Gasteiger partial charge in [-0.15, -0.1) is 0 Å². The van der Waals surface area contributed by atoms with Crippen molar-refractivity contribution in [3.05, 3.63) is 0 Å². The van der Waals surface area contributed by atoms with Gasteiger partial charge in [-0.3, -0.25) is 4.79 Å². The SMILES string of the molecule is N#CCC1CN(S(=O)(=O)C(F)(F)F)C1NC(=O)C1CC1. The van der Waals surface area contributed by atoms with Gasteiger partial charge in [0.15, 0.2) is 0 Å². The van der Waals surface area contributed by atoms with Crippen LogP contribution in [0.2, 0.25) is 0 Å². The molecule has 0 spiro atoms. The molecule has 2 rings (SSSR count). The molecule has 112 valence electrons. The van der Waals surface area contributed by atoms with Crippen LogP contribution in [-0.4, -0.2) is 36.8 Å². The maximum Gasteiger partial charge on any atom is 0.511 e. The number of nitrogens with one attached hydrogen (secondary N) is 1. The second-order valence-electron chi connectivity index (χ2n) is 4.87. The van der Waals surface area contributed by atoms with Crippen molar-refractivity contribution in [3.8, 4) is 6.07 Å². The summed E-state index contributed by atoms with van der Waals surface area (Å²) in [5.74, 6) is -1.33. The third-order valence-corrected chi connectivity index (χ3v) is 4.94. The van der Waals surface area contributed by atoms with Gasteiger partial charge < -0.3 is 5.32 Å². The van der Waals surface area contributed by atoms with E-state index in [1.807, 2.05) is 0 Å². The van der Waals surface area contributed by atoms with E-state index in [1.165, 1.54) is 0 Å². The van der Waals surface area contributed by atoms with Gasteiger partial charge in [0.25, 0.3) is 0 Å². The number of nitriles is 1. The van der Waals surface area contributed by atoms with Crippen molar-refractivity contribution in [2.75, 3.05) is 6.54 Å². The largest absolute Gasteiger partial charge is 0.511 e. The summed E-state index contributed by atoms with van der Waals surface area (Å²) in [4.78, 5) is 11.6. The molecule has 1 amide bonds. The third-order valence-electron chi connectivity index (χ3n) is 3.36. The topological polar surface area (TPSA) is 90.3 Å². The molecule has 2 atom stereocenters. The summed E-state index contributed by atoms with van der Waals surface area (Å²) in [6.45, 7) is -0.412. The number of nitrogens with zero attached hydrogens (tertiary/aromatic N) is 2. The molecule has 0 bridgehead atoms. The number of rotatable bonds is 4. The van der Waals surface area contributed by atoms with Crippen LogP contribution < -0.4 is 5.32 Å². The molecule has 0 aromatic heterocycles. The standard InChI is InChI=1S/C10H12F3N3O3S/c11-10(12,13)20(18,19)16-5-7(3-4-14)8(16)15-9(17)6-1-2-6/h6-8H,1-3,5H2,(H,15,17). The van der Waals surface area contributed by atoms with Gasteiger partial charge in [-0.25, -0.2) is 8.42 Å². The molecule has 1 saturated heterocycles. The Hall–Kier alpha value is -1.34. The van der Waals surface area contributed by atoms with E-state index in [2.05, 4.69) is 5.32 Å². The number of alkyl halides is 3. The smallest absolute Gasteiger partial charge is 0.339 e.